The van der Waals surface area contributed by atoms with E-state index in [9.17, 15) is 23.2 Å². The number of benzene rings is 2. The molecule has 2 aliphatic rings. The van der Waals surface area contributed by atoms with Crippen molar-refractivity contribution in [1.29, 1.82) is 0 Å². The van der Waals surface area contributed by atoms with Crippen LogP contribution in [0.3, 0.4) is 0 Å². The summed E-state index contributed by atoms with van der Waals surface area (Å²) in [4.78, 5) is 38.8. The lowest BCUT2D eigenvalue weighted by molar-refractivity contribution is 0.0971. The molecule has 12 heteroatoms. The van der Waals surface area contributed by atoms with E-state index in [0.717, 1.165) is 12.1 Å². The van der Waals surface area contributed by atoms with Crippen LogP contribution in [0.1, 0.15) is 41.2 Å². The number of carbonyl (C=O) groups excluding carboxylic acids is 3. The number of urea groups is 1. The molecule has 1 atom stereocenters. The molecule has 37 heavy (non-hydrogen) atoms. The first-order valence-electron chi connectivity index (χ1n) is 11.9. The van der Waals surface area contributed by atoms with Crippen molar-refractivity contribution in [2.75, 3.05) is 38.7 Å². The van der Waals surface area contributed by atoms with Gasteiger partial charge in [0.05, 0.1) is 35.4 Å². The Morgan fingerprint density at radius 3 is 2.54 bits per heavy atom. The van der Waals surface area contributed by atoms with Gasteiger partial charge in [-0.15, -0.1) is 0 Å². The minimum atomic E-state index is -0.764. The molecule has 3 N–H and O–H groups in total. The molecular formula is C25H27ClF2N4O5. The number of piperidine rings is 1. The van der Waals surface area contributed by atoms with E-state index in [1.807, 2.05) is 0 Å². The maximum absolute atomic E-state index is 14.8. The third-order valence-electron chi connectivity index (χ3n) is 6.42. The number of nitrogens with one attached hydrogen (secondary N) is 3. The molecule has 2 heterocycles. The standard InChI is InChI=1S/C25H27ClF2N4O5/c1-29-24(34)32-9-6-14(7-10-32)13-37-25(35)31-20-8-11-36-22-16(3-5-19(28)21(20)22)23(33)30-15-2-4-18(27)17(26)12-15/h2-5,12,14,20H,6-11,13H2,1H3,(H,29,34)(H,30,33)(H,31,35)/t20-/m0/s1. The van der Waals surface area contributed by atoms with Crippen LogP contribution in [0, 0.1) is 17.6 Å². The molecule has 2 aromatic rings. The largest absolute Gasteiger partial charge is 0.492 e. The van der Waals surface area contributed by atoms with E-state index in [2.05, 4.69) is 16.0 Å². The molecule has 2 aliphatic heterocycles. The van der Waals surface area contributed by atoms with Gasteiger partial charge < -0.3 is 30.3 Å². The van der Waals surface area contributed by atoms with Gasteiger partial charge in [0.1, 0.15) is 17.4 Å². The van der Waals surface area contributed by atoms with Crippen LogP contribution in [-0.4, -0.2) is 56.3 Å². The highest BCUT2D eigenvalue weighted by atomic mass is 35.5. The fourth-order valence-electron chi connectivity index (χ4n) is 4.41. The van der Waals surface area contributed by atoms with E-state index >= 15 is 0 Å². The predicted molar refractivity (Wildman–Crippen MR) is 132 cm³/mol. The van der Waals surface area contributed by atoms with Crippen molar-refractivity contribution < 1.29 is 32.6 Å². The second-order valence-corrected chi connectivity index (χ2v) is 9.25. The summed E-state index contributed by atoms with van der Waals surface area (Å²) in [6.45, 7) is 1.46. The molecule has 0 aromatic heterocycles. The lowest BCUT2D eigenvalue weighted by Gasteiger charge is -2.31. The minimum absolute atomic E-state index is 0.0174. The summed E-state index contributed by atoms with van der Waals surface area (Å²) < 4.78 is 39.3. The molecule has 9 nitrogen and oxygen atoms in total. The van der Waals surface area contributed by atoms with Gasteiger partial charge >= 0.3 is 12.1 Å². The molecule has 1 fully saturated rings. The van der Waals surface area contributed by atoms with Gasteiger partial charge in [0, 0.05) is 32.2 Å². The third kappa shape index (κ3) is 6.22. The van der Waals surface area contributed by atoms with Gasteiger partial charge in [0.15, 0.2) is 0 Å². The fourth-order valence-corrected chi connectivity index (χ4v) is 4.59. The summed E-state index contributed by atoms with van der Waals surface area (Å²) in [5.74, 6) is -1.74. The summed E-state index contributed by atoms with van der Waals surface area (Å²) in [5.41, 5.74) is 0.358. The van der Waals surface area contributed by atoms with Gasteiger partial charge in [-0.25, -0.2) is 18.4 Å². The predicted octanol–water partition coefficient (Wildman–Crippen LogP) is 4.47. The quantitative estimate of drug-likeness (QED) is 0.522. The third-order valence-corrected chi connectivity index (χ3v) is 6.71. The van der Waals surface area contributed by atoms with Gasteiger partial charge in [-0.2, -0.15) is 0 Å². The maximum Gasteiger partial charge on any atom is 0.407 e. The van der Waals surface area contributed by atoms with Crippen LogP contribution < -0.4 is 20.7 Å². The first-order chi connectivity index (χ1) is 17.8. The van der Waals surface area contributed by atoms with E-state index in [1.54, 1.807) is 11.9 Å². The molecule has 4 rings (SSSR count). The maximum atomic E-state index is 14.8. The van der Waals surface area contributed by atoms with E-state index in [-0.39, 0.29) is 59.2 Å². The first kappa shape index (κ1) is 26.5. The topological polar surface area (TPSA) is 109 Å². The second-order valence-electron chi connectivity index (χ2n) is 8.84. The number of carbonyl (C=O) groups is 3. The SMILES string of the molecule is CNC(=O)N1CCC(COC(=O)N[C@H]2CCOc3c(C(=O)Nc4ccc(F)c(Cl)c4)ccc(F)c32)CC1. The second kappa shape index (κ2) is 11.6. The van der Waals surface area contributed by atoms with Gasteiger partial charge in [0.2, 0.25) is 0 Å². The van der Waals surface area contributed by atoms with Crippen LogP contribution in [-0.2, 0) is 4.74 Å². The molecule has 0 aliphatic carbocycles. The Bertz CT molecular complexity index is 1190. The lowest BCUT2D eigenvalue weighted by Crippen LogP contribution is -2.44. The highest BCUT2D eigenvalue weighted by Crippen LogP contribution is 2.37. The van der Waals surface area contributed by atoms with Crippen molar-refractivity contribution in [2.45, 2.75) is 25.3 Å². The van der Waals surface area contributed by atoms with Gasteiger partial charge in [-0.1, -0.05) is 11.6 Å². The van der Waals surface area contributed by atoms with Crippen LogP contribution in [0.2, 0.25) is 5.02 Å². The Balaban J connectivity index is 1.39. The molecule has 0 saturated carbocycles. The van der Waals surface area contributed by atoms with Crippen molar-refractivity contribution in [3.63, 3.8) is 0 Å². The highest BCUT2D eigenvalue weighted by molar-refractivity contribution is 6.31. The first-order valence-corrected chi connectivity index (χ1v) is 12.3. The Morgan fingerprint density at radius 2 is 1.84 bits per heavy atom. The monoisotopic (exact) mass is 536 g/mol. The van der Waals surface area contributed by atoms with E-state index in [4.69, 9.17) is 21.1 Å². The number of nitrogens with zero attached hydrogens (tertiary/aromatic N) is 1. The number of ether oxygens (including phenoxy) is 2. The zero-order valence-electron chi connectivity index (χ0n) is 20.1. The van der Waals surface area contributed by atoms with Crippen molar-refractivity contribution >= 4 is 35.3 Å². The zero-order chi connectivity index (χ0) is 26.5. The smallest absolute Gasteiger partial charge is 0.407 e. The zero-order valence-corrected chi connectivity index (χ0v) is 20.9. The van der Waals surface area contributed by atoms with Crippen LogP contribution in [0.4, 0.5) is 24.1 Å². The molecule has 4 amide bonds. The van der Waals surface area contributed by atoms with E-state index in [0.29, 0.717) is 25.9 Å². The Labute approximate surface area is 217 Å². The normalized spacial score (nSPS) is 17.3. The molecule has 0 bridgehead atoms. The lowest BCUT2D eigenvalue weighted by atomic mass is 9.96. The molecule has 0 radical (unpaired) electrons. The molecule has 1 saturated heterocycles. The summed E-state index contributed by atoms with van der Waals surface area (Å²) >= 11 is 5.78. The van der Waals surface area contributed by atoms with Crippen molar-refractivity contribution in [3.8, 4) is 5.75 Å². The summed E-state index contributed by atoms with van der Waals surface area (Å²) in [6.07, 6.45) is 0.976. The summed E-state index contributed by atoms with van der Waals surface area (Å²) in [6, 6.07) is 5.23. The molecule has 2 aromatic carbocycles. The number of hydrogen-bond acceptors (Lipinski definition) is 5. The van der Waals surface area contributed by atoms with Gasteiger partial charge in [0.25, 0.3) is 5.91 Å². The van der Waals surface area contributed by atoms with E-state index in [1.165, 1.54) is 18.2 Å². The van der Waals surface area contributed by atoms with Crippen molar-refractivity contribution in [3.05, 3.63) is 58.1 Å². The molecule has 0 spiro atoms. The number of fused-ring (bicyclic) bond motifs is 1. The van der Waals surface area contributed by atoms with Crippen LogP contribution in [0.15, 0.2) is 30.3 Å². The average Bonchev–Trinajstić information content (AvgIpc) is 2.89. The number of alkyl carbamates (subject to hydrolysis) is 1. The average molecular weight is 537 g/mol. The van der Waals surface area contributed by atoms with E-state index < -0.39 is 29.7 Å². The van der Waals surface area contributed by atoms with Gasteiger partial charge in [-0.3, -0.25) is 4.79 Å². The number of hydrogen-bond donors (Lipinski definition) is 3. The van der Waals surface area contributed by atoms with Crippen LogP contribution in [0.25, 0.3) is 0 Å². The molecule has 198 valence electrons. The Morgan fingerprint density at radius 1 is 1.11 bits per heavy atom. The molecular weight excluding hydrogens is 510 g/mol. The highest BCUT2D eigenvalue weighted by Gasteiger charge is 2.31. The van der Waals surface area contributed by atoms with Gasteiger partial charge in [-0.05, 0) is 49.1 Å². The van der Waals surface area contributed by atoms with Crippen LogP contribution in [0.5, 0.6) is 5.75 Å². The summed E-state index contributed by atoms with van der Waals surface area (Å²) in [5, 5.41) is 7.70. The number of anilines is 1. The number of likely N-dealkylation sites (tertiary alicyclic amines) is 1. The van der Waals surface area contributed by atoms with Crippen LogP contribution >= 0.6 is 11.6 Å². The number of amides is 4. The van der Waals surface area contributed by atoms with Crippen molar-refractivity contribution in [2.24, 2.45) is 5.92 Å². The molecule has 0 unspecified atom stereocenters. The van der Waals surface area contributed by atoms with Crippen molar-refractivity contribution in [1.82, 2.24) is 15.5 Å². The minimum Gasteiger partial charge on any atom is -0.492 e. The Kier molecular flexibility index (Phi) is 8.32. The fraction of sp³-hybridized carbons (Fsp3) is 0.400. The Hall–Kier alpha value is -3.60. The number of halogens is 3. The number of rotatable bonds is 5. The summed E-state index contributed by atoms with van der Waals surface area (Å²) in [7, 11) is 1.58.